The number of aromatic hydroxyl groups is 3. The highest BCUT2D eigenvalue weighted by Gasteiger charge is 2.52. The Hall–Kier alpha value is -5.75. The van der Waals surface area contributed by atoms with Crippen LogP contribution in [0.1, 0.15) is 12.0 Å². The minimum Gasteiger partial charge on any atom is -0.508 e. The van der Waals surface area contributed by atoms with Crippen molar-refractivity contribution in [2.75, 3.05) is 25.1 Å². The minimum absolute atomic E-state index is 0.113. The average molecular weight is 948 g/mol. The number of aliphatic hydroxyl groups is 10. The summed E-state index contributed by atoms with van der Waals surface area (Å²) in [7, 11) is 0. The molecule has 0 radical (unpaired) electrons. The van der Waals surface area contributed by atoms with Crippen molar-refractivity contribution >= 4 is 28.5 Å². The van der Waals surface area contributed by atoms with Gasteiger partial charge in [0.1, 0.15) is 90.1 Å². The van der Waals surface area contributed by atoms with Crippen LogP contribution < -0.4 is 20.2 Å². The fourth-order valence-electron chi connectivity index (χ4n) is 7.97. The van der Waals surface area contributed by atoms with E-state index >= 15 is 0 Å². The number of phenolic OH excluding ortho intramolecular Hbond substituents is 3. The van der Waals surface area contributed by atoms with Crippen molar-refractivity contribution in [3.8, 4) is 40.1 Å². The lowest BCUT2D eigenvalue weighted by Crippen LogP contribution is -2.64. The molecule has 3 fully saturated rings. The fourth-order valence-corrected chi connectivity index (χ4v) is 7.97. The molecule has 3 saturated heterocycles. The molecule has 0 bridgehead atoms. The number of carbonyl (C=O) groups is 2. The maximum atomic E-state index is 14.3. The number of ether oxygens (including phenoxy) is 7. The number of esters is 1. The summed E-state index contributed by atoms with van der Waals surface area (Å²) < 4.78 is 45.2. The zero-order valence-electron chi connectivity index (χ0n) is 34.4. The summed E-state index contributed by atoms with van der Waals surface area (Å²) >= 11 is 0. The zero-order chi connectivity index (χ0) is 48.2. The second-order valence-electron chi connectivity index (χ2n) is 16.1. The van der Waals surface area contributed by atoms with Crippen molar-refractivity contribution in [2.24, 2.45) is 0 Å². The highest BCUT2D eigenvalue weighted by atomic mass is 16.8. The summed E-state index contributed by atoms with van der Waals surface area (Å²) in [4.78, 5) is 39.8. The third kappa shape index (κ3) is 8.94. The van der Waals surface area contributed by atoms with E-state index in [0.717, 1.165) is 30.3 Å². The van der Waals surface area contributed by atoms with Gasteiger partial charge in [0.25, 0.3) is 5.91 Å². The summed E-state index contributed by atoms with van der Waals surface area (Å²) in [5.74, 6) is -6.08. The molecule has 5 heterocycles. The average Bonchev–Trinajstić information content (AvgIpc) is 3.54. The number of fused-ring (bicyclic) bond motifs is 2. The molecule has 25 heteroatoms. The Kier molecular flexibility index (Phi) is 13.3. The van der Waals surface area contributed by atoms with Crippen LogP contribution in [0.2, 0.25) is 0 Å². The van der Waals surface area contributed by atoms with Crippen molar-refractivity contribution in [3.63, 3.8) is 0 Å². The first kappa shape index (κ1) is 47.7. The highest BCUT2D eigenvalue weighted by Crippen LogP contribution is 2.42. The lowest BCUT2D eigenvalue weighted by atomic mass is 9.92. The van der Waals surface area contributed by atoms with Gasteiger partial charge in [0.2, 0.25) is 23.8 Å². The van der Waals surface area contributed by atoms with Crippen molar-refractivity contribution in [2.45, 2.75) is 98.0 Å². The summed E-state index contributed by atoms with van der Waals surface area (Å²) in [6, 6.07) is 11.0. The predicted molar refractivity (Wildman–Crippen MR) is 216 cm³/mol. The normalized spacial score (nSPS) is 34.0. The van der Waals surface area contributed by atoms with Gasteiger partial charge in [-0.1, -0.05) is 18.2 Å². The molecule has 362 valence electrons. The molecule has 8 rings (SSSR count). The topological polar surface area (TPSA) is 404 Å². The number of amides is 1. The molecule has 4 aliphatic heterocycles. The van der Waals surface area contributed by atoms with E-state index in [1.54, 1.807) is 6.07 Å². The fraction of sp³-hybridized carbons (Fsp3) is 0.452. The molecule has 3 aromatic carbocycles. The van der Waals surface area contributed by atoms with Crippen LogP contribution in [0.4, 0.5) is 5.69 Å². The van der Waals surface area contributed by atoms with E-state index in [1.807, 2.05) is 0 Å². The first-order chi connectivity index (χ1) is 31.8. The van der Waals surface area contributed by atoms with E-state index in [2.05, 4.69) is 5.32 Å². The second-order valence-corrected chi connectivity index (χ2v) is 16.1. The van der Waals surface area contributed by atoms with Crippen LogP contribution in [0, 0.1) is 0 Å². The summed E-state index contributed by atoms with van der Waals surface area (Å²) in [6.45, 7) is -2.31. The van der Waals surface area contributed by atoms with E-state index in [0.29, 0.717) is 0 Å². The molecule has 0 aliphatic carbocycles. The van der Waals surface area contributed by atoms with E-state index in [-0.39, 0.29) is 16.8 Å². The molecule has 14 N–H and O–H groups in total. The second kappa shape index (κ2) is 18.7. The standard InChI is InChI=1S/C42H45NO24/c44-11-23-28(51)32(55)37(67-38-33(56)27(50)20(48)12-61-38)40(64-23)66-36-30(53)26-19(47)8-15(45)9-22(26)62-35(36)14-5-6-18(46)21(7-14)63-39-34(57)31(54)29(52)24(65-39)13-60-25(49)10-42(59)16-3-1-2-4-17(16)43-41(42)58/h1-9,20,23-24,27-29,31-34,37-40,44-48,50-52,54-57,59H,10-13H2,(H,43,58)/t20-,23-,24-,27+,28-,29-,31+,32+,33-,34-,37-,38+,39-,40+,42+/m1/s1. The van der Waals surface area contributed by atoms with Crippen molar-refractivity contribution < 1.29 is 114 Å². The molecule has 67 heavy (non-hydrogen) atoms. The van der Waals surface area contributed by atoms with Gasteiger partial charge in [-0.2, -0.15) is 0 Å². The quantitative estimate of drug-likeness (QED) is 0.0605. The first-order valence-corrected chi connectivity index (χ1v) is 20.4. The molecule has 0 unspecified atom stereocenters. The molecular formula is C42H45NO24. The van der Waals surface area contributed by atoms with Gasteiger partial charge in [0.15, 0.2) is 35.3 Å². The Labute approximate surface area is 375 Å². The molecule has 0 spiro atoms. The number of anilines is 1. The first-order valence-electron chi connectivity index (χ1n) is 20.4. The van der Waals surface area contributed by atoms with Gasteiger partial charge in [-0.15, -0.1) is 0 Å². The van der Waals surface area contributed by atoms with Gasteiger partial charge in [-0.3, -0.25) is 14.4 Å². The molecule has 15 atom stereocenters. The Bertz CT molecular complexity index is 2550. The van der Waals surface area contributed by atoms with Crippen molar-refractivity contribution in [3.05, 3.63) is 70.4 Å². The molecule has 25 nitrogen and oxygen atoms in total. The lowest BCUT2D eigenvalue weighted by molar-refractivity contribution is -0.345. The lowest BCUT2D eigenvalue weighted by Gasteiger charge is -2.44. The summed E-state index contributed by atoms with van der Waals surface area (Å²) in [5, 5.41) is 140. The van der Waals surface area contributed by atoms with Crippen LogP contribution in [0.5, 0.6) is 28.7 Å². The van der Waals surface area contributed by atoms with Crippen LogP contribution in [-0.4, -0.2) is 184 Å². The number of hydrogen-bond acceptors (Lipinski definition) is 24. The van der Waals surface area contributed by atoms with Crippen molar-refractivity contribution in [1.29, 1.82) is 0 Å². The maximum Gasteiger partial charge on any atom is 0.309 e. The highest BCUT2D eigenvalue weighted by molar-refractivity contribution is 6.06. The van der Waals surface area contributed by atoms with Gasteiger partial charge in [0, 0.05) is 28.9 Å². The number of phenols is 3. The van der Waals surface area contributed by atoms with E-state index in [1.165, 1.54) is 18.2 Å². The number of benzene rings is 3. The Morgan fingerprint density at radius 2 is 1.46 bits per heavy atom. The Morgan fingerprint density at radius 1 is 0.761 bits per heavy atom. The van der Waals surface area contributed by atoms with Crippen LogP contribution in [0.3, 0.4) is 0 Å². The predicted octanol–water partition coefficient (Wildman–Crippen LogP) is -3.82. The van der Waals surface area contributed by atoms with Gasteiger partial charge >= 0.3 is 5.97 Å². The minimum atomic E-state index is -2.30. The number of rotatable bonds is 12. The van der Waals surface area contributed by atoms with Crippen molar-refractivity contribution in [1.82, 2.24) is 0 Å². The maximum absolute atomic E-state index is 14.3. The summed E-state index contributed by atoms with van der Waals surface area (Å²) in [6.07, 6.45) is -27.0. The van der Waals surface area contributed by atoms with Crippen LogP contribution in [0.15, 0.2) is 63.8 Å². The van der Waals surface area contributed by atoms with E-state index < -0.39 is 181 Å². The van der Waals surface area contributed by atoms with E-state index in [9.17, 15) is 80.8 Å². The molecule has 4 aliphatic rings. The van der Waals surface area contributed by atoms with Crippen LogP contribution >= 0.6 is 0 Å². The molecule has 1 aromatic heterocycles. The summed E-state index contributed by atoms with van der Waals surface area (Å²) in [5.41, 5.74) is -3.76. The largest absolute Gasteiger partial charge is 0.508 e. The van der Waals surface area contributed by atoms with E-state index in [4.69, 9.17) is 37.6 Å². The molecule has 4 aromatic rings. The molecule has 0 saturated carbocycles. The smallest absolute Gasteiger partial charge is 0.309 e. The number of aliphatic hydroxyl groups excluding tert-OH is 9. The third-order valence-electron chi connectivity index (χ3n) is 11.7. The Balaban J connectivity index is 1.08. The number of hydrogen-bond donors (Lipinski definition) is 14. The monoisotopic (exact) mass is 947 g/mol. The SMILES string of the molecule is O=C(C[C@@]1(O)C(=O)Nc2ccccc21)OC[C@H]1O[C@@H](Oc2cc(-c3oc4cc(O)cc(O)c4c(=O)c3O[C@@H]3O[C@H](CO)[C@@H](O)[C@H](O)[C@H]3O[C@@H]3OC[C@@H](O)[C@H](O)[C@H]3O)ccc2O)[C@H](O)[C@@H](O)[C@@H]1O. The number of nitrogens with one attached hydrogen (secondary N) is 1. The molecule has 1 amide bonds. The zero-order valence-corrected chi connectivity index (χ0v) is 34.4. The Morgan fingerprint density at radius 3 is 2.21 bits per heavy atom. The number of carbonyl (C=O) groups excluding carboxylic acids is 2. The van der Waals surface area contributed by atoms with Crippen LogP contribution in [-0.2, 0) is 38.9 Å². The van der Waals surface area contributed by atoms with Gasteiger partial charge < -0.3 is 109 Å². The number of para-hydroxylation sites is 1. The van der Waals surface area contributed by atoms with Gasteiger partial charge in [0.05, 0.1) is 19.6 Å². The third-order valence-corrected chi connectivity index (χ3v) is 11.7. The van der Waals surface area contributed by atoms with Crippen LogP contribution in [0.25, 0.3) is 22.3 Å². The molecular weight excluding hydrogens is 902 g/mol. The van der Waals surface area contributed by atoms with Gasteiger partial charge in [-0.25, -0.2) is 0 Å². The van der Waals surface area contributed by atoms with Gasteiger partial charge in [-0.05, 0) is 24.3 Å².